The summed E-state index contributed by atoms with van der Waals surface area (Å²) in [5.41, 5.74) is 8.44. The zero-order chi connectivity index (χ0) is 21.4. The van der Waals surface area contributed by atoms with Crippen molar-refractivity contribution in [3.05, 3.63) is 65.0 Å². The van der Waals surface area contributed by atoms with Crippen LogP contribution in [0.1, 0.15) is 10.4 Å². The zero-order valence-electron chi connectivity index (χ0n) is 16.5. The first-order valence-corrected chi connectivity index (χ1v) is 9.77. The van der Waals surface area contributed by atoms with Gasteiger partial charge in [0.05, 0.1) is 24.9 Å². The monoisotopic (exact) mass is 417 g/mol. The van der Waals surface area contributed by atoms with Gasteiger partial charge in [-0.15, -0.1) is 5.10 Å². The zero-order valence-corrected chi connectivity index (χ0v) is 16.5. The van der Waals surface area contributed by atoms with Crippen molar-refractivity contribution in [2.24, 2.45) is 0 Å². The molecule has 0 aliphatic carbocycles. The molecule has 3 aromatic heterocycles. The number of pyridine rings is 1. The number of nitrogens with two attached hydrogens (primary N) is 1. The molecule has 4 aromatic rings. The van der Waals surface area contributed by atoms with Crippen LogP contribution in [0.25, 0.3) is 27.8 Å². The fourth-order valence-electron chi connectivity index (χ4n) is 3.61. The molecule has 3 N–H and O–H groups in total. The summed E-state index contributed by atoms with van der Waals surface area (Å²) in [6, 6.07) is 8.83. The second kappa shape index (κ2) is 7.65. The van der Waals surface area contributed by atoms with Crippen molar-refractivity contribution in [1.29, 1.82) is 0 Å². The molecule has 1 saturated heterocycles. The van der Waals surface area contributed by atoms with Gasteiger partial charge in [0.1, 0.15) is 5.52 Å². The van der Waals surface area contributed by atoms with Gasteiger partial charge in [-0.2, -0.15) is 0 Å². The number of rotatable bonds is 3. The van der Waals surface area contributed by atoms with E-state index >= 15 is 0 Å². The number of nitrogens with one attached hydrogen (secondary N) is 1. The van der Waals surface area contributed by atoms with Gasteiger partial charge in [0, 0.05) is 36.6 Å². The Hall–Kier alpha value is -4.05. The molecule has 4 heterocycles. The number of benzene rings is 1. The van der Waals surface area contributed by atoms with E-state index in [1.54, 1.807) is 29.3 Å². The SMILES string of the molecule is Nc1nn(-c2nccc3c(=O)[nH]cnc23)cc1-c1ccc(C(=O)N2CCOCC2)cc1. The number of aromatic nitrogens is 5. The number of fused-ring (bicyclic) bond motifs is 1. The molecule has 1 aromatic carbocycles. The smallest absolute Gasteiger partial charge is 0.258 e. The van der Waals surface area contributed by atoms with E-state index in [9.17, 15) is 9.59 Å². The third-order valence-electron chi connectivity index (χ3n) is 5.24. The molecule has 1 fully saturated rings. The molecule has 1 aliphatic heterocycles. The number of hydrogen-bond donors (Lipinski definition) is 2. The standard InChI is InChI=1S/C21H19N7O3/c22-18-16(13-1-3-14(4-2-13)21(30)27-7-9-31-10-8-27)11-28(26-18)19-17-15(5-6-23-19)20(29)25-12-24-17/h1-6,11-12H,7-10H2,(H2,22,26)(H,24,25,29). The Balaban J connectivity index is 1.47. The third-order valence-corrected chi connectivity index (χ3v) is 5.24. The van der Waals surface area contributed by atoms with Crippen LogP contribution < -0.4 is 11.3 Å². The number of ether oxygens (including phenoxy) is 1. The van der Waals surface area contributed by atoms with E-state index in [1.807, 2.05) is 12.1 Å². The average Bonchev–Trinajstić information content (AvgIpc) is 3.20. The van der Waals surface area contributed by atoms with Crippen LogP contribution in [0.3, 0.4) is 0 Å². The lowest BCUT2D eigenvalue weighted by molar-refractivity contribution is 0.0303. The maximum absolute atomic E-state index is 12.6. The van der Waals surface area contributed by atoms with E-state index in [0.717, 1.165) is 5.56 Å². The van der Waals surface area contributed by atoms with Crippen LogP contribution in [0.2, 0.25) is 0 Å². The Morgan fingerprint density at radius 3 is 2.65 bits per heavy atom. The van der Waals surface area contributed by atoms with Gasteiger partial charge in [0.15, 0.2) is 11.6 Å². The molecule has 0 spiro atoms. The maximum atomic E-state index is 12.6. The Labute approximate surface area is 176 Å². The first-order valence-electron chi connectivity index (χ1n) is 9.77. The molecule has 0 unspecified atom stereocenters. The highest BCUT2D eigenvalue weighted by Gasteiger charge is 2.19. The van der Waals surface area contributed by atoms with Crippen LogP contribution in [0, 0.1) is 0 Å². The van der Waals surface area contributed by atoms with E-state index in [0.29, 0.717) is 60.0 Å². The van der Waals surface area contributed by atoms with Gasteiger partial charge < -0.3 is 20.4 Å². The van der Waals surface area contributed by atoms with Crippen LogP contribution in [-0.2, 0) is 4.74 Å². The van der Waals surface area contributed by atoms with Gasteiger partial charge in [-0.3, -0.25) is 9.59 Å². The summed E-state index contributed by atoms with van der Waals surface area (Å²) in [7, 11) is 0. The molecular weight excluding hydrogens is 398 g/mol. The van der Waals surface area contributed by atoms with E-state index in [-0.39, 0.29) is 11.5 Å². The summed E-state index contributed by atoms with van der Waals surface area (Å²) >= 11 is 0. The molecule has 10 heteroatoms. The number of hydrogen-bond acceptors (Lipinski definition) is 7. The number of H-pyrrole nitrogens is 1. The number of nitrogens with zero attached hydrogens (tertiary/aromatic N) is 5. The summed E-state index contributed by atoms with van der Waals surface area (Å²) in [5, 5.41) is 4.77. The molecule has 0 atom stereocenters. The summed E-state index contributed by atoms with van der Waals surface area (Å²) in [6.45, 7) is 2.30. The lowest BCUT2D eigenvalue weighted by Crippen LogP contribution is -2.40. The minimum absolute atomic E-state index is 0.0187. The molecule has 5 rings (SSSR count). The third kappa shape index (κ3) is 3.42. The average molecular weight is 417 g/mol. The van der Waals surface area contributed by atoms with Gasteiger partial charge in [0.25, 0.3) is 11.5 Å². The predicted octanol–water partition coefficient (Wildman–Crippen LogP) is 1.23. The number of carbonyl (C=O) groups is 1. The van der Waals surface area contributed by atoms with E-state index < -0.39 is 0 Å². The first-order chi connectivity index (χ1) is 15.1. The molecule has 0 bridgehead atoms. The van der Waals surface area contributed by atoms with Crippen molar-refractivity contribution in [3.63, 3.8) is 0 Å². The van der Waals surface area contributed by atoms with Crippen molar-refractivity contribution >= 4 is 22.6 Å². The lowest BCUT2D eigenvalue weighted by atomic mass is 10.1. The molecular formula is C21H19N7O3. The summed E-state index contributed by atoms with van der Waals surface area (Å²) in [4.78, 5) is 37.6. The predicted molar refractivity (Wildman–Crippen MR) is 114 cm³/mol. The molecule has 0 saturated carbocycles. The molecule has 31 heavy (non-hydrogen) atoms. The van der Waals surface area contributed by atoms with Crippen LogP contribution in [0.4, 0.5) is 5.82 Å². The molecule has 1 amide bonds. The molecule has 156 valence electrons. The first kappa shape index (κ1) is 18.9. The Kier molecular flexibility index (Phi) is 4.68. The topological polar surface area (TPSA) is 132 Å². The Morgan fingerprint density at radius 1 is 1.10 bits per heavy atom. The highest BCUT2D eigenvalue weighted by Crippen LogP contribution is 2.27. The van der Waals surface area contributed by atoms with Gasteiger partial charge in [0.2, 0.25) is 0 Å². The fraction of sp³-hybridized carbons (Fsp3) is 0.190. The lowest BCUT2D eigenvalue weighted by Gasteiger charge is -2.26. The molecule has 1 aliphatic rings. The maximum Gasteiger partial charge on any atom is 0.258 e. The van der Waals surface area contributed by atoms with Gasteiger partial charge in [-0.1, -0.05) is 12.1 Å². The van der Waals surface area contributed by atoms with Gasteiger partial charge >= 0.3 is 0 Å². The normalized spacial score (nSPS) is 14.1. The van der Waals surface area contributed by atoms with Crippen molar-refractivity contribution in [3.8, 4) is 16.9 Å². The summed E-state index contributed by atoms with van der Waals surface area (Å²) in [5.74, 6) is 0.686. The van der Waals surface area contributed by atoms with Crippen molar-refractivity contribution in [2.75, 3.05) is 32.0 Å². The van der Waals surface area contributed by atoms with Crippen molar-refractivity contribution in [1.82, 2.24) is 29.6 Å². The molecule has 0 radical (unpaired) electrons. The highest BCUT2D eigenvalue weighted by atomic mass is 16.5. The second-order valence-corrected chi connectivity index (χ2v) is 7.12. The van der Waals surface area contributed by atoms with E-state index in [2.05, 4.69) is 20.1 Å². The van der Waals surface area contributed by atoms with Crippen LogP contribution in [0.5, 0.6) is 0 Å². The number of amides is 1. The Morgan fingerprint density at radius 2 is 1.87 bits per heavy atom. The summed E-state index contributed by atoms with van der Waals surface area (Å²) in [6.07, 6.45) is 4.59. The highest BCUT2D eigenvalue weighted by molar-refractivity contribution is 5.95. The quantitative estimate of drug-likeness (QED) is 0.512. The van der Waals surface area contributed by atoms with Crippen molar-refractivity contribution < 1.29 is 9.53 Å². The second-order valence-electron chi connectivity index (χ2n) is 7.12. The van der Waals surface area contributed by atoms with Gasteiger partial charge in [-0.25, -0.2) is 14.6 Å². The van der Waals surface area contributed by atoms with Crippen LogP contribution >= 0.6 is 0 Å². The fourth-order valence-corrected chi connectivity index (χ4v) is 3.61. The van der Waals surface area contributed by atoms with Crippen molar-refractivity contribution in [2.45, 2.75) is 0 Å². The Bertz CT molecular complexity index is 1320. The van der Waals surface area contributed by atoms with E-state index in [1.165, 1.54) is 17.2 Å². The minimum Gasteiger partial charge on any atom is -0.382 e. The number of nitrogen functional groups attached to an aromatic ring is 1. The van der Waals surface area contributed by atoms with Crippen LogP contribution in [0.15, 0.2) is 53.8 Å². The largest absolute Gasteiger partial charge is 0.382 e. The number of morpholine rings is 1. The molecule has 10 nitrogen and oxygen atoms in total. The number of anilines is 1. The van der Waals surface area contributed by atoms with E-state index in [4.69, 9.17) is 10.5 Å². The summed E-state index contributed by atoms with van der Waals surface area (Å²) < 4.78 is 6.81. The van der Waals surface area contributed by atoms with Gasteiger partial charge in [-0.05, 0) is 23.8 Å². The minimum atomic E-state index is -0.255. The number of carbonyl (C=O) groups excluding carboxylic acids is 1. The van der Waals surface area contributed by atoms with Crippen LogP contribution in [-0.4, -0.2) is 61.8 Å². The number of aromatic amines is 1.